The van der Waals surface area contributed by atoms with Gasteiger partial charge in [0.2, 0.25) is 5.91 Å². The van der Waals surface area contributed by atoms with Crippen molar-refractivity contribution in [1.82, 2.24) is 5.32 Å². The third-order valence-electron chi connectivity index (χ3n) is 1.45. The summed E-state index contributed by atoms with van der Waals surface area (Å²) < 4.78 is 0. The van der Waals surface area contributed by atoms with E-state index in [1.165, 1.54) is 0 Å². The van der Waals surface area contributed by atoms with Crippen molar-refractivity contribution in [3.63, 3.8) is 0 Å². The number of rotatable bonds is 6. The Bertz CT molecular complexity index is 187. The predicted octanol–water partition coefficient (Wildman–Crippen LogP) is -0.310. The van der Waals surface area contributed by atoms with E-state index >= 15 is 0 Å². The number of carboxylic acid groups (broad SMARTS) is 1. The van der Waals surface area contributed by atoms with Crippen molar-refractivity contribution in [2.75, 3.05) is 11.9 Å². The van der Waals surface area contributed by atoms with E-state index in [9.17, 15) is 9.59 Å². The average Bonchev–Trinajstić information content (AvgIpc) is 2.11. The minimum Gasteiger partial charge on any atom is -0.480 e. The van der Waals surface area contributed by atoms with Crippen LogP contribution in [0.2, 0.25) is 0 Å². The van der Waals surface area contributed by atoms with Gasteiger partial charge in [-0.05, 0) is 19.4 Å². The molecule has 0 rings (SSSR count). The number of halogens is 1. The Balaban J connectivity index is 3.94. The molecule has 6 heteroatoms. The number of carbonyl (C=O) groups excluding carboxylic acids is 1. The van der Waals surface area contributed by atoms with Gasteiger partial charge in [0, 0.05) is 0 Å². The molecule has 0 aliphatic carbocycles. The SMILES string of the molecule is NCCC[C@H](NC(=O)CBr)C(=O)O. The minimum absolute atomic E-state index is 0.111. The molecule has 0 fully saturated rings. The number of nitrogens with one attached hydrogen (secondary N) is 1. The highest BCUT2D eigenvalue weighted by Gasteiger charge is 2.18. The number of carbonyl (C=O) groups is 2. The Kier molecular flexibility index (Phi) is 6.52. The number of hydrogen-bond acceptors (Lipinski definition) is 3. The van der Waals surface area contributed by atoms with Crippen LogP contribution in [0.25, 0.3) is 0 Å². The van der Waals surface area contributed by atoms with Crippen LogP contribution >= 0.6 is 15.9 Å². The summed E-state index contributed by atoms with van der Waals surface area (Å²) >= 11 is 2.93. The van der Waals surface area contributed by atoms with Crippen molar-refractivity contribution in [3.05, 3.63) is 0 Å². The van der Waals surface area contributed by atoms with Crippen LogP contribution in [0, 0.1) is 0 Å². The van der Waals surface area contributed by atoms with Crippen LogP contribution in [0.15, 0.2) is 0 Å². The molecular weight excluding hydrogens is 240 g/mol. The van der Waals surface area contributed by atoms with Gasteiger partial charge < -0.3 is 16.2 Å². The van der Waals surface area contributed by atoms with E-state index in [1.807, 2.05) is 0 Å². The van der Waals surface area contributed by atoms with Gasteiger partial charge in [0.1, 0.15) is 6.04 Å². The summed E-state index contributed by atoms with van der Waals surface area (Å²) in [6.45, 7) is 0.425. The van der Waals surface area contributed by atoms with Gasteiger partial charge >= 0.3 is 5.97 Å². The van der Waals surface area contributed by atoms with E-state index in [0.29, 0.717) is 19.4 Å². The fourth-order valence-electron chi connectivity index (χ4n) is 0.812. The predicted molar refractivity (Wildman–Crippen MR) is 51.6 cm³/mol. The molecule has 0 saturated heterocycles. The zero-order chi connectivity index (χ0) is 10.3. The third-order valence-corrected chi connectivity index (χ3v) is 1.96. The molecule has 0 heterocycles. The quantitative estimate of drug-likeness (QED) is 0.566. The van der Waals surface area contributed by atoms with Crippen LogP contribution < -0.4 is 11.1 Å². The molecule has 0 radical (unpaired) electrons. The zero-order valence-electron chi connectivity index (χ0n) is 7.12. The molecule has 0 bridgehead atoms. The minimum atomic E-state index is -1.03. The molecule has 13 heavy (non-hydrogen) atoms. The highest BCUT2D eigenvalue weighted by atomic mass is 79.9. The fourth-order valence-corrected chi connectivity index (χ4v) is 0.974. The molecule has 1 atom stereocenters. The van der Waals surface area contributed by atoms with Crippen molar-refractivity contribution >= 4 is 27.8 Å². The number of carboxylic acids is 1. The second-order valence-corrected chi connectivity index (χ2v) is 3.08. The highest BCUT2D eigenvalue weighted by Crippen LogP contribution is 1.96. The lowest BCUT2D eigenvalue weighted by atomic mass is 10.1. The summed E-state index contributed by atoms with van der Waals surface area (Å²) in [5.74, 6) is -1.35. The summed E-state index contributed by atoms with van der Waals surface area (Å²) in [6.07, 6.45) is 0.949. The summed E-state index contributed by atoms with van der Waals surface area (Å²) in [7, 11) is 0. The Hall–Kier alpha value is -0.620. The topological polar surface area (TPSA) is 92.4 Å². The van der Waals surface area contributed by atoms with Gasteiger partial charge in [-0.1, -0.05) is 15.9 Å². The van der Waals surface area contributed by atoms with Crippen molar-refractivity contribution in [2.45, 2.75) is 18.9 Å². The van der Waals surface area contributed by atoms with Crippen molar-refractivity contribution in [2.24, 2.45) is 5.73 Å². The largest absolute Gasteiger partial charge is 0.480 e. The number of hydrogen-bond donors (Lipinski definition) is 3. The second kappa shape index (κ2) is 6.85. The van der Waals surface area contributed by atoms with Gasteiger partial charge in [-0.15, -0.1) is 0 Å². The maximum atomic E-state index is 10.8. The van der Waals surface area contributed by atoms with E-state index in [1.54, 1.807) is 0 Å². The van der Waals surface area contributed by atoms with Crippen LogP contribution in [0.5, 0.6) is 0 Å². The lowest BCUT2D eigenvalue weighted by Crippen LogP contribution is -2.41. The van der Waals surface area contributed by atoms with E-state index in [0.717, 1.165) is 0 Å². The zero-order valence-corrected chi connectivity index (χ0v) is 8.71. The van der Waals surface area contributed by atoms with Gasteiger partial charge in [-0.2, -0.15) is 0 Å². The van der Waals surface area contributed by atoms with Crippen LogP contribution in [-0.2, 0) is 9.59 Å². The van der Waals surface area contributed by atoms with Gasteiger partial charge in [0.25, 0.3) is 0 Å². The summed E-state index contributed by atoms with van der Waals surface area (Å²) in [6, 6.07) is -0.825. The smallest absolute Gasteiger partial charge is 0.326 e. The first-order valence-electron chi connectivity index (χ1n) is 3.90. The van der Waals surface area contributed by atoms with Gasteiger partial charge in [-0.3, -0.25) is 4.79 Å². The van der Waals surface area contributed by atoms with Crippen molar-refractivity contribution in [3.8, 4) is 0 Å². The Labute approximate surface area is 84.8 Å². The van der Waals surface area contributed by atoms with Gasteiger partial charge in [0.15, 0.2) is 0 Å². The fraction of sp³-hybridized carbons (Fsp3) is 0.714. The first-order valence-corrected chi connectivity index (χ1v) is 5.02. The summed E-state index contributed by atoms with van der Waals surface area (Å²) in [4.78, 5) is 21.4. The van der Waals surface area contributed by atoms with Crippen molar-refractivity contribution in [1.29, 1.82) is 0 Å². The van der Waals surface area contributed by atoms with E-state index in [-0.39, 0.29) is 11.2 Å². The molecule has 1 amide bonds. The standard InChI is InChI=1S/C7H13BrN2O3/c8-4-6(11)10-5(7(12)13)2-1-3-9/h5H,1-4,9H2,(H,10,11)(H,12,13)/t5-/m0/s1. The molecule has 0 spiro atoms. The molecule has 0 aromatic heterocycles. The first kappa shape index (κ1) is 12.4. The Morgan fingerprint density at radius 3 is 2.54 bits per heavy atom. The Morgan fingerprint density at radius 1 is 1.54 bits per heavy atom. The molecule has 0 unspecified atom stereocenters. The number of nitrogens with two attached hydrogens (primary N) is 1. The lowest BCUT2D eigenvalue weighted by Gasteiger charge is -2.12. The molecule has 0 aliphatic rings. The second-order valence-electron chi connectivity index (χ2n) is 2.52. The average molecular weight is 253 g/mol. The van der Waals surface area contributed by atoms with Gasteiger partial charge in [0.05, 0.1) is 5.33 Å². The third kappa shape index (κ3) is 5.59. The molecule has 0 aromatic rings. The maximum absolute atomic E-state index is 10.8. The van der Waals surface area contributed by atoms with E-state index in [2.05, 4.69) is 21.2 Å². The van der Waals surface area contributed by atoms with Crippen LogP contribution in [0.1, 0.15) is 12.8 Å². The molecule has 0 aromatic carbocycles. The van der Waals surface area contributed by atoms with Crippen LogP contribution in [0.3, 0.4) is 0 Å². The summed E-state index contributed by atoms with van der Waals surface area (Å²) in [5, 5.41) is 11.1. The Morgan fingerprint density at radius 2 is 2.15 bits per heavy atom. The number of alkyl halides is 1. The summed E-state index contributed by atoms with van der Waals surface area (Å²) in [5.41, 5.74) is 5.23. The maximum Gasteiger partial charge on any atom is 0.326 e. The highest BCUT2D eigenvalue weighted by molar-refractivity contribution is 9.09. The number of aliphatic carboxylic acids is 1. The normalized spacial score (nSPS) is 12.2. The van der Waals surface area contributed by atoms with E-state index in [4.69, 9.17) is 10.8 Å². The molecular formula is C7H13BrN2O3. The van der Waals surface area contributed by atoms with Gasteiger partial charge in [-0.25, -0.2) is 4.79 Å². The molecule has 0 saturated carbocycles. The van der Waals surface area contributed by atoms with Crippen LogP contribution in [-0.4, -0.2) is 34.9 Å². The van der Waals surface area contributed by atoms with E-state index < -0.39 is 12.0 Å². The monoisotopic (exact) mass is 252 g/mol. The first-order chi connectivity index (χ1) is 6.11. The molecule has 0 aliphatic heterocycles. The number of amides is 1. The molecule has 4 N–H and O–H groups in total. The van der Waals surface area contributed by atoms with Crippen molar-refractivity contribution < 1.29 is 14.7 Å². The lowest BCUT2D eigenvalue weighted by molar-refractivity contribution is -0.141. The molecule has 76 valence electrons. The molecule has 5 nitrogen and oxygen atoms in total. The van der Waals surface area contributed by atoms with Crippen LogP contribution in [0.4, 0.5) is 0 Å².